The first-order valence-corrected chi connectivity index (χ1v) is 11.3. The highest BCUT2D eigenvalue weighted by atomic mass is 35.5. The van der Waals surface area contributed by atoms with Crippen LogP contribution in [0.15, 0.2) is 85.2 Å². The number of pyridine rings is 1. The number of nitrogens with one attached hydrogen (secondary N) is 1. The number of halogens is 1. The zero-order valence-corrected chi connectivity index (χ0v) is 19.4. The molecule has 0 saturated carbocycles. The van der Waals surface area contributed by atoms with Crippen molar-refractivity contribution < 1.29 is 0 Å². The Kier molecular flexibility index (Phi) is 5.45. The third kappa shape index (κ3) is 3.78. The van der Waals surface area contributed by atoms with Crippen LogP contribution in [0.3, 0.4) is 0 Å². The van der Waals surface area contributed by atoms with Gasteiger partial charge in [-0.25, -0.2) is 0 Å². The van der Waals surface area contributed by atoms with Gasteiger partial charge >= 0.3 is 0 Å². The molecule has 2 aromatic carbocycles. The lowest BCUT2D eigenvalue weighted by Crippen LogP contribution is -2.30. The fourth-order valence-electron chi connectivity index (χ4n) is 4.52. The molecule has 0 bridgehead atoms. The molecular formula is C26H23ClN4S. The smallest absolute Gasteiger partial charge is 0.174 e. The molecule has 3 heterocycles. The SMILES string of the molecule is Cc1cc(C)cc(N2C(=S)N[C@H](c3ccccn3)[C@H]2c2cccn2-c2cccc(Cl)c2)c1. The van der Waals surface area contributed by atoms with E-state index in [0.29, 0.717) is 10.1 Å². The summed E-state index contributed by atoms with van der Waals surface area (Å²) in [5, 5.41) is 4.93. The molecular weight excluding hydrogens is 436 g/mol. The third-order valence-electron chi connectivity index (χ3n) is 5.75. The fourth-order valence-corrected chi connectivity index (χ4v) is 5.05. The summed E-state index contributed by atoms with van der Waals surface area (Å²) in [5.74, 6) is 0. The summed E-state index contributed by atoms with van der Waals surface area (Å²) >= 11 is 12.2. The van der Waals surface area contributed by atoms with Crippen molar-refractivity contribution in [3.63, 3.8) is 0 Å². The third-order valence-corrected chi connectivity index (χ3v) is 6.30. The molecule has 4 nitrogen and oxygen atoms in total. The van der Waals surface area contributed by atoms with Crippen molar-refractivity contribution in [3.8, 4) is 5.69 Å². The van der Waals surface area contributed by atoms with Crippen LogP contribution in [-0.2, 0) is 0 Å². The molecule has 0 unspecified atom stereocenters. The lowest BCUT2D eigenvalue weighted by Gasteiger charge is -2.29. The number of aryl methyl sites for hydroxylation is 2. The van der Waals surface area contributed by atoms with E-state index in [9.17, 15) is 0 Å². The Bertz CT molecular complexity index is 1260. The predicted molar refractivity (Wildman–Crippen MR) is 135 cm³/mol. The molecule has 0 aliphatic carbocycles. The summed E-state index contributed by atoms with van der Waals surface area (Å²) in [6.45, 7) is 4.23. The molecule has 2 aromatic heterocycles. The normalized spacial score (nSPS) is 18.1. The molecule has 1 N–H and O–H groups in total. The van der Waals surface area contributed by atoms with E-state index in [1.807, 2.05) is 42.6 Å². The van der Waals surface area contributed by atoms with Gasteiger partial charge in [-0.1, -0.05) is 29.8 Å². The van der Waals surface area contributed by atoms with Gasteiger partial charge in [-0.2, -0.15) is 0 Å². The van der Waals surface area contributed by atoms with Crippen molar-refractivity contribution in [3.05, 3.63) is 113 Å². The van der Waals surface area contributed by atoms with Crippen LogP contribution in [0.2, 0.25) is 5.02 Å². The number of thiocarbonyl (C=S) groups is 1. The maximum atomic E-state index is 6.31. The minimum absolute atomic E-state index is 0.0902. The maximum Gasteiger partial charge on any atom is 0.174 e. The Morgan fingerprint density at radius 2 is 1.72 bits per heavy atom. The molecule has 1 saturated heterocycles. The van der Waals surface area contributed by atoms with Gasteiger partial charge in [-0.05, 0) is 91.8 Å². The molecule has 1 aliphatic rings. The molecule has 0 spiro atoms. The van der Waals surface area contributed by atoms with Gasteiger partial charge in [0.05, 0.1) is 11.7 Å². The summed E-state index contributed by atoms with van der Waals surface area (Å²) < 4.78 is 2.18. The van der Waals surface area contributed by atoms with Crippen molar-refractivity contribution in [1.82, 2.24) is 14.9 Å². The first-order valence-electron chi connectivity index (χ1n) is 10.5. The molecule has 6 heteroatoms. The molecule has 1 aliphatic heterocycles. The summed E-state index contributed by atoms with van der Waals surface area (Å²) in [4.78, 5) is 6.87. The van der Waals surface area contributed by atoms with Crippen LogP contribution < -0.4 is 10.2 Å². The maximum absolute atomic E-state index is 6.31. The molecule has 0 amide bonds. The number of nitrogens with zero attached hydrogens (tertiary/aromatic N) is 3. The average Bonchev–Trinajstić information content (AvgIpc) is 3.38. The standard InChI is InChI=1S/C26H23ClN4S/c1-17-13-18(2)15-21(14-17)31-25(24(29-26(31)32)22-9-3-4-11-28-22)23-10-6-12-30(23)20-8-5-7-19(27)16-20/h3-16,24-25H,1-2H3,(H,29,32)/t24-,25-/m1/s1. The van der Waals surface area contributed by atoms with Crippen LogP contribution in [0.4, 0.5) is 5.69 Å². The van der Waals surface area contributed by atoms with Crippen LogP contribution in [0, 0.1) is 13.8 Å². The quantitative estimate of drug-likeness (QED) is 0.363. The largest absolute Gasteiger partial charge is 0.351 e. The zero-order chi connectivity index (χ0) is 22.2. The summed E-state index contributed by atoms with van der Waals surface area (Å²) in [6.07, 6.45) is 3.89. The molecule has 2 atom stereocenters. The first kappa shape index (κ1) is 20.7. The van der Waals surface area contributed by atoms with Crippen molar-refractivity contribution in [2.45, 2.75) is 25.9 Å². The molecule has 1 fully saturated rings. The van der Waals surface area contributed by atoms with Gasteiger partial charge in [-0.15, -0.1) is 0 Å². The van der Waals surface area contributed by atoms with E-state index >= 15 is 0 Å². The molecule has 32 heavy (non-hydrogen) atoms. The highest BCUT2D eigenvalue weighted by molar-refractivity contribution is 7.80. The van der Waals surface area contributed by atoms with Gasteiger partial charge in [0.2, 0.25) is 0 Å². The van der Waals surface area contributed by atoms with E-state index in [1.165, 1.54) is 11.1 Å². The van der Waals surface area contributed by atoms with E-state index in [1.54, 1.807) is 0 Å². The van der Waals surface area contributed by atoms with Crippen LogP contribution in [0.1, 0.15) is 34.6 Å². The highest BCUT2D eigenvalue weighted by Gasteiger charge is 2.42. The lowest BCUT2D eigenvalue weighted by atomic mass is 10.00. The minimum Gasteiger partial charge on any atom is -0.351 e. The number of aromatic nitrogens is 2. The number of anilines is 1. The van der Waals surface area contributed by atoms with Gasteiger partial charge in [-0.3, -0.25) is 4.98 Å². The molecule has 0 radical (unpaired) electrons. The van der Waals surface area contributed by atoms with E-state index in [0.717, 1.165) is 22.8 Å². The number of hydrogen-bond acceptors (Lipinski definition) is 2. The monoisotopic (exact) mass is 458 g/mol. The van der Waals surface area contributed by atoms with E-state index in [-0.39, 0.29) is 12.1 Å². The topological polar surface area (TPSA) is 33.1 Å². The molecule has 160 valence electrons. The fraction of sp³-hybridized carbons (Fsp3) is 0.154. The molecule has 5 rings (SSSR count). The second kappa shape index (κ2) is 8.41. The van der Waals surface area contributed by atoms with Crippen LogP contribution >= 0.6 is 23.8 Å². The number of rotatable bonds is 4. The predicted octanol–water partition coefficient (Wildman–Crippen LogP) is 6.32. The van der Waals surface area contributed by atoms with Crippen LogP contribution in [0.5, 0.6) is 0 Å². The second-order valence-electron chi connectivity index (χ2n) is 8.13. The Balaban J connectivity index is 1.69. The first-order chi connectivity index (χ1) is 15.5. The van der Waals surface area contributed by atoms with Crippen molar-refractivity contribution >= 4 is 34.6 Å². The summed E-state index contributed by atoms with van der Waals surface area (Å²) in [6, 6.07) is 24.4. The lowest BCUT2D eigenvalue weighted by molar-refractivity contribution is 0.549. The second-order valence-corrected chi connectivity index (χ2v) is 8.95. The summed E-state index contributed by atoms with van der Waals surface area (Å²) in [5.41, 5.74) is 6.54. The molecule has 4 aromatic rings. The van der Waals surface area contributed by atoms with E-state index < -0.39 is 0 Å². The Labute approximate surface area is 198 Å². The Morgan fingerprint density at radius 1 is 0.906 bits per heavy atom. The van der Waals surface area contributed by atoms with E-state index in [4.69, 9.17) is 23.8 Å². The van der Waals surface area contributed by atoms with Crippen molar-refractivity contribution in [1.29, 1.82) is 0 Å². The Hall–Kier alpha value is -3.15. The highest BCUT2D eigenvalue weighted by Crippen LogP contribution is 2.42. The van der Waals surface area contributed by atoms with Gasteiger partial charge in [0.15, 0.2) is 5.11 Å². The van der Waals surface area contributed by atoms with Crippen molar-refractivity contribution in [2.24, 2.45) is 0 Å². The van der Waals surface area contributed by atoms with E-state index in [2.05, 4.69) is 76.2 Å². The van der Waals surface area contributed by atoms with Gasteiger partial charge in [0.25, 0.3) is 0 Å². The van der Waals surface area contributed by atoms with Crippen LogP contribution in [-0.4, -0.2) is 14.7 Å². The summed E-state index contributed by atoms with van der Waals surface area (Å²) in [7, 11) is 0. The minimum atomic E-state index is -0.0997. The van der Waals surface area contributed by atoms with Gasteiger partial charge in [0, 0.05) is 34.5 Å². The van der Waals surface area contributed by atoms with Crippen LogP contribution in [0.25, 0.3) is 5.69 Å². The van der Waals surface area contributed by atoms with Gasteiger partial charge < -0.3 is 14.8 Å². The average molecular weight is 459 g/mol. The van der Waals surface area contributed by atoms with Gasteiger partial charge in [0.1, 0.15) is 6.04 Å². The van der Waals surface area contributed by atoms with Crippen molar-refractivity contribution in [2.75, 3.05) is 4.90 Å². The zero-order valence-electron chi connectivity index (χ0n) is 17.9. The Morgan fingerprint density at radius 3 is 2.44 bits per heavy atom. The number of hydrogen-bond donors (Lipinski definition) is 1. The number of benzene rings is 2.